The molecule has 2 heteroatoms. The third-order valence-corrected chi connectivity index (χ3v) is 13.2. The maximum atomic E-state index is 2.59. The van der Waals surface area contributed by atoms with E-state index >= 15 is 0 Å². The number of para-hydroxylation sites is 2. The van der Waals surface area contributed by atoms with Gasteiger partial charge in [0.2, 0.25) is 0 Å². The fourth-order valence-electron chi connectivity index (χ4n) is 10.8. The second-order valence-electron chi connectivity index (χ2n) is 16.2. The molecule has 1 aromatic heterocycles. The van der Waals surface area contributed by atoms with Crippen molar-refractivity contribution in [3.8, 4) is 39.1 Å². The number of benzene rings is 8. The Kier molecular flexibility index (Phi) is 6.01. The number of aromatic nitrogens is 1. The Morgan fingerprint density at radius 3 is 1.93 bits per heavy atom. The number of fused-ring (bicyclic) bond motifs is 11. The second-order valence-corrected chi connectivity index (χ2v) is 16.2. The fourth-order valence-corrected chi connectivity index (χ4v) is 10.8. The quantitative estimate of drug-likeness (QED) is 0.178. The maximum Gasteiger partial charge on any atom is 0.0547 e. The fraction of sp³-hybridized carbons (Fsp3) is 0.0943. The standard InChI is InChI=1S/C53H38N2/c1-52(2)40-23-10-8-19-38(40)50-42(52)25-15-28-47(50)55-45-31-30-33(32-43(45)53(3)41-24-11-7-18-36(41)37-22-14-29-48(55)51(37)53)35-21-13-27-46-49(35)39-20-9-12-26-44(39)54(46)34-16-5-4-6-17-34/h4-32H,1-3H3. The lowest BCUT2D eigenvalue weighted by atomic mass is 9.70. The van der Waals surface area contributed by atoms with Gasteiger partial charge < -0.3 is 9.47 Å². The normalized spacial score (nSPS) is 16.8. The first kappa shape index (κ1) is 30.8. The van der Waals surface area contributed by atoms with Crippen molar-refractivity contribution in [3.05, 3.63) is 204 Å². The largest absolute Gasteiger partial charge is 0.309 e. The molecule has 0 saturated carbocycles. The Hall–Kier alpha value is -6.64. The van der Waals surface area contributed by atoms with E-state index in [0.717, 1.165) is 0 Å². The summed E-state index contributed by atoms with van der Waals surface area (Å²) in [6.07, 6.45) is 0. The molecule has 0 fully saturated rings. The molecule has 55 heavy (non-hydrogen) atoms. The monoisotopic (exact) mass is 702 g/mol. The van der Waals surface area contributed by atoms with Gasteiger partial charge in [0.05, 0.1) is 28.1 Å². The van der Waals surface area contributed by atoms with Crippen LogP contribution in [0, 0.1) is 0 Å². The van der Waals surface area contributed by atoms with Crippen LogP contribution in [0.1, 0.15) is 48.6 Å². The zero-order valence-corrected chi connectivity index (χ0v) is 31.1. The lowest BCUT2D eigenvalue weighted by molar-refractivity contribution is 0.660. The summed E-state index contributed by atoms with van der Waals surface area (Å²) in [6, 6.07) is 65.8. The van der Waals surface area contributed by atoms with Gasteiger partial charge in [0.25, 0.3) is 0 Å². The van der Waals surface area contributed by atoms with Gasteiger partial charge in [-0.3, -0.25) is 0 Å². The van der Waals surface area contributed by atoms with Crippen molar-refractivity contribution < 1.29 is 0 Å². The minimum absolute atomic E-state index is 0.0919. The van der Waals surface area contributed by atoms with E-state index in [-0.39, 0.29) is 10.8 Å². The highest BCUT2D eigenvalue weighted by Crippen LogP contribution is 2.64. The molecule has 0 saturated heterocycles. The highest BCUT2D eigenvalue weighted by Gasteiger charge is 2.49. The molecule has 0 N–H and O–H groups in total. The molecule has 0 bridgehead atoms. The zero-order chi connectivity index (χ0) is 36.6. The highest BCUT2D eigenvalue weighted by molar-refractivity contribution is 6.16. The molecule has 260 valence electrons. The van der Waals surface area contributed by atoms with Crippen LogP contribution in [-0.4, -0.2) is 4.57 Å². The molecular formula is C53H38N2. The predicted molar refractivity (Wildman–Crippen MR) is 229 cm³/mol. The van der Waals surface area contributed by atoms with Gasteiger partial charge in [-0.2, -0.15) is 0 Å². The molecule has 3 aliphatic rings. The average Bonchev–Trinajstić information content (AvgIpc) is 3.80. The maximum absolute atomic E-state index is 2.59. The molecule has 8 aromatic carbocycles. The Bertz CT molecular complexity index is 3090. The molecule has 0 radical (unpaired) electrons. The summed E-state index contributed by atoms with van der Waals surface area (Å²) in [5, 5.41) is 2.55. The van der Waals surface area contributed by atoms with Gasteiger partial charge in [-0.1, -0.05) is 141 Å². The molecule has 1 unspecified atom stereocenters. The van der Waals surface area contributed by atoms with Crippen LogP contribution in [0.4, 0.5) is 17.1 Å². The molecule has 1 aliphatic heterocycles. The Morgan fingerprint density at radius 2 is 1.05 bits per heavy atom. The summed E-state index contributed by atoms with van der Waals surface area (Å²) in [4.78, 5) is 2.59. The van der Waals surface area contributed by atoms with Crippen molar-refractivity contribution in [2.24, 2.45) is 0 Å². The topological polar surface area (TPSA) is 8.17 Å². The lowest BCUT2D eigenvalue weighted by Crippen LogP contribution is -2.32. The van der Waals surface area contributed by atoms with Crippen LogP contribution in [0.5, 0.6) is 0 Å². The van der Waals surface area contributed by atoms with Crippen LogP contribution < -0.4 is 4.90 Å². The number of hydrogen-bond acceptors (Lipinski definition) is 1. The highest BCUT2D eigenvalue weighted by atomic mass is 15.2. The van der Waals surface area contributed by atoms with Crippen molar-refractivity contribution in [1.82, 2.24) is 4.57 Å². The van der Waals surface area contributed by atoms with Gasteiger partial charge in [0, 0.05) is 32.9 Å². The summed E-state index contributed by atoms with van der Waals surface area (Å²) in [5.74, 6) is 0. The van der Waals surface area contributed by atoms with Crippen molar-refractivity contribution in [2.75, 3.05) is 4.90 Å². The number of rotatable bonds is 3. The van der Waals surface area contributed by atoms with Crippen molar-refractivity contribution in [2.45, 2.75) is 31.6 Å². The van der Waals surface area contributed by atoms with Gasteiger partial charge in [0.1, 0.15) is 0 Å². The molecule has 0 amide bonds. The summed E-state index contributed by atoms with van der Waals surface area (Å²) in [6.45, 7) is 7.22. The Labute approximate surface area is 321 Å². The summed E-state index contributed by atoms with van der Waals surface area (Å²) >= 11 is 0. The molecule has 2 heterocycles. The molecule has 2 nitrogen and oxygen atoms in total. The first-order valence-electron chi connectivity index (χ1n) is 19.5. The van der Waals surface area contributed by atoms with E-state index in [9.17, 15) is 0 Å². The van der Waals surface area contributed by atoms with Gasteiger partial charge in [-0.05, 0) is 111 Å². The van der Waals surface area contributed by atoms with Crippen LogP contribution in [0.3, 0.4) is 0 Å². The SMILES string of the molecule is CC1(C)c2ccccc2-c2c(N3c4ccc(-c5cccc6c5c5ccccc5n6-c5ccccc5)cc4C4(C)c5ccccc5-c5cccc3c54)cccc21. The predicted octanol–water partition coefficient (Wildman–Crippen LogP) is 13.9. The third kappa shape index (κ3) is 3.84. The minimum atomic E-state index is -0.342. The lowest BCUT2D eigenvalue weighted by Gasteiger charge is -2.43. The third-order valence-electron chi connectivity index (χ3n) is 13.2. The van der Waals surface area contributed by atoms with E-state index in [4.69, 9.17) is 0 Å². The van der Waals surface area contributed by atoms with Crippen LogP contribution in [0.25, 0.3) is 60.9 Å². The van der Waals surface area contributed by atoms with Gasteiger partial charge in [0.15, 0.2) is 0 Å². The molecule has 12 rings (SSSR count). The molecule has 9 aromatic rings. The number of anilines is 3. The summed E-state index contributed by atoms with van der Waals surface area (Å²) in [5.41, 5.74) is 21.6. The first-order chi connectivity index (χ1) is 27.0. The Morgan fingerprint density at radius 1 is 0.418 bits per heavy atom. The van der Waals surface area contributed by atoms with E-state index in [1.54, 1.807) is 0 Å². The minimum Gasteiger partial charge on any atom is -0.309 e. The van der Waals surface area contributed by atoms with E-state index in [0.29, 0.717) is 0 Å². The number of hydrogen-bond donors (Lipinski definition) is 0. The van der Waals surface area contributed by atoms with E-state index < -0.39 is 0 Å². The zero-order valence-electron chi connectivity index (χ0n) is 31.1. The molecule has 2 aliphatic carbocycles. The molecule has 1 atom stereocenters. The van der Waals surface area contributed by atoms with E-state index in [2.05, 4.69) is 206 Å². The van der Waals surface area contributed by atoms with E-state index in [1.807, 2.05) is 0 Å². The summed E-state index contributed by atoms with van der Waals surface area (Å²) < 4.78 is 2.42. The molecule has 0 spiro atoms. The molecular weight excluding hydrogens is 665 g/mol. The van der Waals surface area contributed by atoms with Gasteiger partial charge in [-0.15, -0.1) is 0 Å². The van der Waals surface area contributed by atoms with Crippen molar-refractivity contribution >= 4 is 38.9 Å². The smallest absolute Gasteiger partial charge is 0.0547 e. The van der Waals surface area contributed by atoms with Crippen LogP contribution in [0.15, 0.2) is 176 Å². The number of nitrogens with zero attached hydrogens (tertiary/aromatic N) is 2. The Balaban J connectivity index is 1.16. The van der Waals surface area contributed by atoms with Crippen LogP contribution >= 0.6 is 0 Å². The van der Waals surface area contributed by atoms with Gasteiger partial charge in [-0.25, -0.2) is 0 Å². The average molecular weight is 703 g/mol. The van der Waals surface area contributed by atoms with Crippen LogP contribution in [-0.2, 0) is 10.8 Å². The van der Waals surface area contributed by atoms with E-state index in [1.165, 1.54) is 106 Å². The van der Waals surface area contributed by atoms with Gasteiger partial charge >= 0.3 is 0 Å². The summed E-state index contributed by atoms with van der Waals surface area (Å²) in [7, 11) is 0. The van der Waals surface area contributed by atoms with Crippen molar-refractivity contribution in [3.63, 3.8) is 0 Å². The second kappa shape index (κ2) is 10.7. The van der Waals surface area contributed by atoms with Crippen molar-refractivity contribution in [1.29, 1.82) is 0 Å². The van der Waals surface area contributed by atoms with Crippen LogP contribution in [0.2, 0.25) is 0 Å². The first-order valence-corrected chi connectivity index (χ1v) is 19.5.